The van der Waals surface area contributed by atoms with Crippen LogP contribution in [0.4, 0.5) is 11.4 Å². The maximum Gasteiger partial charge on any atom is 0.227 e. The number of anilines is 2. The Morgan fingerprint density at radius 2 is 2.04 bits per heavy atom. The molecule has 1 aliphatic heterocycles. The number of nitrogens with one attached hydrogen (secondary N) is 2. The van der Waals surface area contributed by atoms with Crippen LogP contribution in [0.25, 0.3) is 0 Å². The molecule has 0 radical (unpaired) electrons. The van der Waals surface area contributed by atoms with Gasteiger partial charge in [-0.1, -0.05) is 12.8 Å². The van der Waals surface area contributed by atoms with Crippen LogP contribution in [0.3, 0.4) is 0 Å². The summed E-state index contributed by atoms with van der Waals surface area (Å²) in [5.41, 5.74) is 2.77. The second-order valence-corrected chi connectivity index (χ2v) is 7.90. The Balaban J connectivity index is 1.46. The van der Waals surface area contributed by atoms with Gasteiger partial charge in [-0.3, -0.25) is 4.79 Å². The highest BCUT2D eigenvalue weighted by molar-refractivity contribution is 7.80. The third-order valence-electron chi connectivity index (χ3n) is 5.62. The Morgan fingerprint density at radius 1 is 1.22 bits per heavy atom. The fourth-order valence-electron chi connectivity index (χ4n) is 4.28. The van der Waals surface area contributed by atoms with Crippen molar-refractivity contribution in [3.05, 3.63) is 47.9 Å². The zero-order valence-corrected chi connectivity index (χ0v) is 16.4. The minimum Gasteiger partial charge on any atom is -0.467 e. The monoisotopic (exact) mass is 383 g/mol. The molecule has 1 aromatic carbocycles. The summed E-state index contributed by atoms with van der Waals surface area (Å²) in [4.78, 5) is 13.9. The van der Waals surface area contributed by atoms with Crippen molar-refractivity contribution in [2.45, 2.75) is 51.0 Å². The van der Waals surface area contributed by atoms with Gasteiger partial charge in [0.05, 0.1) is 11.8 Å². The number of hydrogen-bond donors (Lipinski definition) is 2. The van der Waals surface area contributed by atoms with Crippen molar-refractivity contribution in [2.75, 3.05) is 16.8 Å². The molecular weight excluding hydrogens is 358 g/mol. The predicted octanol–water partition coefficient (Wildman–Crippen LogP) is 4.47. The number of benzene rings is 1. The van der Waals surface area contributed by atoms with E-state index in [9.17, 15) is 4.79 Å². The molecule has 1 aliphatic carbocycles. The molecule has 0 bridgehead atoms. The maximum atomic E-state index is 12.0. The maximum absolute atomic E-state index is 12.0. The molecule has 142 valence electrons. The second kappa shape index (κ2) is 7.35. The third-order valence-corrected chi connectivity index (χ3v) is 5.83. The van der Waals surface area contributed by atoms with E-state index < -0.39 is 0 Å². The molecule has 2 aromatic rings. The number of aryl methyl sites for hydroxylation is 1. The average molecular weight is 384 g/mol. The van der Waals surface area contributed by atoms with Crippen LogP contribution in [0.15, 0.2) is 41.0 Å². The molecule has 2 heterocycles. The van der Waals surface area contributed by atoms with Crippen molar-refractivity contribution in [3.8, 4) is 0 Å². The van der Waals surface area contributed by atoms with Crippen LogP contribution in [0, 0.1) is 6.92 Å². The largest absolute Gasteiger partial charge is 0.467 e. The van der Waals surface area contributed by atoms with Crippen LogP contribution >= 0.6 is 12.2 Å². The van der Waals surface area contributed by atoms with Crippen LogP contribution in [-0.4, -0.2) is 17.6 Å². The van der Waals surface area contributed by atoms with E-state index in [1.54, 1.807) is 6.26 Å². The van der Waals surface area contributed by atoms with Crippen molar-refractivity contribution in [3.63, 3.8) is 0 Å². The highest BCUT2D eigenvalue weighted by Crippen LogP contribution is 2.39. The third kappa shape index (κ3) is 3.58. The molecule has 1 amide bonds. The van der Waals surface area contributed by atoms with Crippen LogP contribution in [0.5, 0.6) is 0 Å². The molecule has 2 fully saturated rings. The summed E-state index contributed by atoms with van der Waals surface area (Å²) in [5, 5.41) is 7.40. The summed E-state index contributed by atoms with van der Waals surface area (Å²) in [7, 11) is 0. The van der Waals surface area contributed by atoms with Gasteiger partial charge in [-0.05, 0) is 74.3 Å². The van der Waals surface area contributed by atoms with E-state index in [1.807, 2.05) is 42.2 Å². The number of rotatable bonds is 4. The zero-order chi connectivity index (χ0) is 18.9. The SMILES string of the molecule is Cc1cc(NC(=S)NC2(c3ccco3)CCCC2)ccc1N1CCCC1=O. The van der Waals surface area contributed by atoms with Gasteiger partial charge < -0.3 is 20.0 Å². The minimum absolute atomic E-state index is 0.206. The van der Waals surface area contributed by atoms with Gasteiger partial charge in [-0.25, -0.2) is 0 Å². The quantitative estimate of drug-likeness (QED) is 0.763. The van der Waals surface area contributed by atoms with Crippen molar-refractivity contribution in [1.82, 2.24) is 5.32 Å². The van der Waals surface area contributed by atoms with Gasteiger partial charge in [0.1, 0.15) is 5.76 Å². The number of carbonyl (C=O) groups is 1. The van der Waals surface area contributed by atoms with Crippen molar-refractivity contribution in [2.24, 2.45) is 0 Å². The second-order valence-electron chi connectivity index (χ2n) is 7.50. The summed E-state index contributed by atoms with van der Waals surface area (Å²) < 4.78 is 5.69. The number of hydrogen-bond acceptors (Lipinski definition) is 3. The highest BCUT2D eigenvalue weighted by atomic mass is 32.1. The summed E-state index contributed by atoms with van der Waals surface area (Å²) in [6.45, 7) is 2.84. The first-order chi connectivity index (χ1) is 13.1. The van der Waals surface area contributed by atoms with Crippen molar-refractivity contribution < 1.29 is 9.21 Å². The van der Waals surface area contributed by atoms with Gasteiger partial charge in [0.15, 0.2) is 5.11 Å². The van der Waals surface area contributed by atoms with Crippen LogP contribution in [0.1, 0.15) is 49.8 Å². The lowest BCUT2D eigenvalue weighted by molar-refractivity contribution is -0.117. The van der Waals surface area contributed by atoms with E-state index in [1.165, 1.54) is 0 Å². The normalized spacial score (nSPS) is 18.7. The van der Waals surface area contributed by atoms with Gasteiger partial charge in [0.2, 0.25) is 5.91 Å². The van der Waals surface area contributed by atoms with E-state index in [4.69, 9.17) is 16.6 Å². The number of carbonyl (C=O) groups excluding carboxylic acids is 1. The summed E-state index contributed by atoms with van der Waals surface area (Å²) >= 11 is 5.59. The molecule has 0 unspecified atom stereocenters. The first-order valence-electron chi connectivity index (χ1n) is 9.62. The highest BCUT2D eigenvalue weighted by Gasteiger charge is 2.38. The fourth-order valence-corrected chi connectivity index (χ4v) is 4.59. The molecule has 5 nitrogen and oxygen atoms in total. The smallest absolute Gasteiger partial charge is 0.227 e. The molecule has 1 saturated heterocycles. The first kappa shape index (κ1) is 18.0. The van der Waals surface area contributed by atoms with E-state index in [2.05, 4.69) is 10.6 Å². The topological polar surface area (TPSA) is 57.5 Å². The lowest BCUT2D eigenvalue weighted by Gasteiger charge is -2.30. The van der Waals surface area contributed by atoms with Gasteiger partial charge >= 0.3 is 0 Å². The average Bonchev–Trinajstić information content (AvgIpc) is 3.37. The van der Waals surface area contributed by atoms with E-state index in [0.29, 0.717) is 11.5 Å². The lowest BCUT2D eigenvalue weighted by Crippen LogP contribution is -2.45. The number of furan rings is 1. The lowest BCUT2D eigenvalue weighted by atomic mass is 9.94. The Morgan fingerprint density at radius 3 is 2.67 bits per heavy atom. The van der Waals surface area contributed by atoms with E-state index in [-0.39, 0.29) is 11.4 Å². The molecule has 2 N–H and O–H groups in total. The Hall–Kier alpha value is -2.34. The minimum atomic E-state index is -0.218. The van der Waals surface area contributed by atoms with Gasteiger partial charge in [0.25, 0.3) is 0 Å². The molecular formula is C21H25N3O2S. The van der Waals surface area contributed by atoms with Crippen LogP contribution in [0.2, 0.25) is 0 Å². The van der Waals surface area contributed by atoms with Gasteiger partial charge in [-0.2, -0.15) is 0 Å². The molecule has 0 spiro atoms. The number of amides is 1. The van der Waals surface area contributed by atoms with Crippen molar-refractivity contribution >= 4 is 34.6 Å². The van der Waals surface area contributed by atoms with Crippen LogP contribution < -0.4 is 15.5 Å². The fraction of sp³-hybridized carbons (Fsp3) is 0.429. The number of nitrogens with zero attached hydrogens (tertiary/aromatic N) is 1. The molecule has 1 saturated carbocycles. The van der Waals surface area contributed by atoms with E-state index in [0.717, 1.165) is 61.3 Å². The van der Waals surface area contributed by atoms with E-state index >= 15 is 0 Å². The Kier molecular flexibility index (Phi) is 4.91. The predicted molar refractivity (Wildman–Crippen MR) is 111 cm³/mol. The molecule has 6 heteroatoms. The summed E-state index contributed by atoms with van der Waals surface area (Å²) in [6.07, 6.45) is 7.63. The molecule has 4 rings (SSSR count). The van der Waals surface area contributed by atoms with Gasteiger partial charge in [-0.15, -0.1) is 0 Å². The van der Waals surface area contributed by atoms with Crippen LogP contribution in [-0.2, 0) is 10.3 Å². The molecule has 2 aliphatic rings. The standard InChI is InChI=1S/C21H25N3O2S/c1-15-14-16(8-9-17(15)24-12-4-7-19(24)25)22-20(27)23-21(10-2-3-11-21)18-6-5-13-26-18/h5-6,8-9,13-14H,2-4,7,10-12H2,1H3,(H2,22,23,27). The zero-order valence-electron chi connectivity index (χ0n) is 15.6. The molecule has 27 heavy (non-hydrogen) atoms. The summed E-state index contributed by atoms with van der Waals surface area (Å²) in [5.74, 6) is 1.15. The van der Waals surface area contributed by atoms with Crippen molar-refractivity contribution in [1.29, 1.82) is 0 Å². The Labute approximate surface area is 165 Å². The summed E-state index contributed by atoms with van der Waals surface area (Å²) in [6, 6.07) is 9.98. The number of thiocarbonyl (C=S) groups is 1. The van der Waals surface area contributed by atoms with Gasteiger partial charge in [0, 0.05) is 24.3 Å². The molecule has 1 aromatic heterocycles. The first-order valence-corrected chi connectivity index (χ1v) is 10.0. The molecule has 0 atom stereocenters. The Bertz CT molecular complexity index is 841.